The van der Waals surface area contributed by atoms with E-state index in [0.29, 0.717) is 17.9 Å². The monoisotopic (exact) mass is 265 g/mol. The lowest BCUT2D eigenvalue weighted by Gasteiger charge is -2.20. The zero-order chi connectivity index (χ0) is 13.0. The molecular formula is C13H19N3OS. The summed E-state index contributed by atoms with van der Waals surface area (Å²) in [5.74, 6) is 1.97. The predicted molar refractivity (Wildman–Crippen MR) is 72.6 cm³/mol. The van der Waals surface area contributed by atoms with Crippen LogP contribution in [0.1, 0.15) is 36.5 Å². The molecule has 1 unspecified atom stereocenters. The van der Waals surface area contributed by atoms with E-state index < -0.39 is 0 Å². The summed E-state index contributed by atoms with van der Waals surface area (Å²) in [5.41, 5.74) is 0. The van der Waals surface area contributed by atoms with Crippen LogP contribution in [-0.4, -0.2) is 16.7 Å². The molecule has 0 radical (unpaired) electrons. The molecule has 0 fully saturated rings. The van der Waals surface area contributed by atoms with Gasteiger partial charge < -0.3 is 9.84 Å². The fraction of sp³-hybridized carbons (Fsp3) is 0.538. The molecule has 2 aromatic heterocycles. The Bertz CT molecular complexity index is 464. The maximum absolute atomic E-state index is 4.95. The highest BCUT2D eigenvalue weighted by atomic mass is 32.1. The number of nitrogens with zero attached hydrogens (tertiary/aromatic N) is 2. The second kappa shape index (κ2) is 6.11. The van der Waals surface area contributed by atoms with Crippen LogP contribution < -0.4 is 5.32 Å². The van der Waals surface area contributed by atoms with Gasteiger partial charge in [-0.05, 0) is 17.4 Å². The number of hydrogen-bond donors (Lipinski definition) is 1. The second-order valence-electron chi connectivity index (χ2n) is 4.67. The number of hydrogen-bond acceptors (Lipinski definition) is 5. The molecule has 2 heterocycles. The highest BCUT2D eigenvalue weighted by Gasteiger charge is 2.16. The van der Waals surface area contributed by atoms with Crippen LogP contribution in [0.5, 0.6) is 0 Å². The lowest BCUT2D eigenvalue weighted by Crippen LogP contribution is -2.27. The topological polar surface area (TPSA) is 51.0 Å². The van der Waals surface area contributed by atoms with Gasteiger partial charge in [0.25, 0.3) is 0 Å². The molecule has 0 bridgehead atoms. The normalized spacial score (nSPS) is 13.1. The van der Waals surface area contributed by atoms with Crippen molar-refractivity contribution in [2.75, 3.05) is 6.54 Å². The number of aryl methyl sites for hydroxylation is 1. The zero-order valence-electron chi connectivity index (χ0n) is 11.0. The average Bonchev–Trinajstić information content (AvgIpc) is 2.95. The third kappa shape index (κ3) is 3.40. The van der Waals surface area contributed by atoms with Crippen molar-refractivity contribution >= 4 is 11.3 Å². The van der Waals surface area contributed by atoms with Gasteiger partial charge in [0.05, 0.1) is 0 Å². The van der Waals surface area contributed by atoms with Crippen molar-refractivity contribution in [2.24, 2.45) is 5.92 Å². The standard InChI is InChI=1S/C13H19N3OS/c1-9(2)13(11-5-4-8-18-11)14-7-6-12-15-10(3)17-16-12/h4-5,8-9,13-14H,6-7H2,1-3H3. The van der Waals surface area contributed by atoms with E-state index in [4.69, 9.17) is 4.52 Å². The molecule has 0 aromatic carbocycles. The summed E-state index contributed by atoms with van der Waals surface area (Å²) in [6.07, 6.45) is 0.798. The van der Waals surface area contributed by atoms with E-state index in [1.807, 2.05) is 6.92 Å². The van der Waals surface area contributed by atoms with Crippen LogP contribution in [-0.2, 0) is 6.42 Å². The molecule has 0 amide bonds. The maximum Gasteiger partial charge on any atom is 0.223 e. The molecule has 1 atom stereocenters. The zero-order valence-corrected chi connectivity index (χ0v) is 11.8. The highest BCUT2D eigenvalue weighted by Crippen LogP contribution is 2.25. The Kier molecular flexibility index (Phi) is 4.49. The van der Waals surface area contributed by atoms with E-state index >= 15 is 0 Å². The van der Waals surface area contributed by atoms with Crippen LogP contribution >= 0.6 is 11.3 Å². The number of aromatic nitrogens is 2. The lowest BCUT2D eigenvalue weighted by molar-refractivity contribution is 0.383. The van der Waals surface area contributed by atoms with Crippen molar-refractivity contribution in [1.29, 1.82) is 0 Å². The molecular weight excluding hydrogens is 246 g/mol. The molecule has 0 saturated heterocycles. The molecule has 4 nitrogen and oxygen atoms in total. The van der Waals surface area contributed by atoms with Gasteiger partial charge >= 0.3 is 0 Å². The Morgan fingerprint density at radius 2 is 2.28 bits per heavy atom. The van der Waals surface area contributed by atoms with Gasteiger partial charge in [0.1, 0.15) is 0 Å². The van der Waals surface area contributed by atoms with Crippen molar-refractivity contribution in [3.63, 3.8) is 0 Å². The van der Waals surface area contributed by atoms with E-state index in [1.165, 1.54) is 4.88 Å². The Hall–Kier alpha value is -1.20. The predicted octanol–water partition coefficient (Wildman–Crippen LogP) is 2.97. The Morgan fingerprint density at radius 3 is 2.83 bits per heavy atom. The third-order valence-corrected chi connectivity index (χ3v) is 3.75. The third-order valence-electron chi connectivity index (χ3n) is 2.80. The van der Waals surface area contributed by atoms with Gasteiger partial charge in [0, 0.05) is 30.8 Å². The van der Waals surface area contributed by atoms with E-state index in [1.54, 1.807) is 11.3 Å². The molecule has 2 rings (SSSR count). The van der Waals surface area contributed by atoms with E-state index in [0.717, 1.165) is 18.8 Å². The van der Waals surface area contributed by atoms with Crippen LogP contribution in [0.15, 0.2) is 22.0 Å². The molecule has 98 valence electrons. The van der Waals surface area contributed by atoms with Gasteiger partial charge in [0.2, 0.25) is 5.89 Å². The summed E-state index contributed by atoms with van der Waals surface area (Å²) in [7, 11) is 0. The van der Waals surface area contributed by atoms with Gasteiger partial charge in [-0.1, -0.05) is 25.1 Å². The minimum Gasteiger partial charge on any atom is -0.340 e. The first-order valence-electron chi connectivity index (χ1n) is 6.23. The van der Waals surface area contributed by atoms with E-state index in [9.17, 15) is 0 Å². The number of thiophene rings is 1. The molecule has 0 aliphatic carbocycles. The fourth-order valence-corrected chi connectivity index (χ4v) is 2.89. The van der Waals surface area contributed by atoms with Crippen molar-refractivity contribution in [3.05, 3.63) is 34.1 Å². The first kappa shape index (κ1) is 13.2. The van der Waals surface area contributed by atoms with E-state index in [-0.39, 0.29) is 0 Å². The summed E-state index contributed by atoms with van der Waals surface area (Å²) in [6.45, 7) is 7.14. The number of nitrogens with one attached hydrogen (secondary N) is 1. The minimum atomic E-state index is 0.401. The Morgan fingerprint density at radius 1 is 1.44 bits per heavy atom. The summed E-state index contributed by atoms with van der Waals surface area (Å²) >= 11 is 1.80. The summed E-state index contributed by atoms with van der Waals surface area (Å²) < 4.78 is 4.95. The van der Waals surface area contributed by atoms with Crippen LogP contribution in [0.3, 0.4) is 0 Å². The summed E-state index contributed by atoms with van der Waals surface area (Å²) in [5, 5.41) is 9.58. The Labute approximate surface area is 111 Å². The van der Waals surface area contributed by atoms with Gasteiger partial charge in [0.15, 0.2) is 5.82 Å². The molecule has 0 saturated carbocycles. The first-order chi connectivity index (χ1) is 8.66. The second-order valence-corrected chi connectivity index (χ2v) is 5.65. The molecule has 0 spiro atoms. The smallest absolute Gasteiger partial charge is 0.223 e. The largest absolute Gasteiger partial charge is 0.340 e. The van der Waals surface area contributed by atoms with Crippen LogP contribution in [0.25, 0.3) is 0 Å². The van der Waals surface area contributed by atoms with Gasteiger partial charge in [-0.15, -0.1) is 11.3 Å². The van der Waals surface area contributed by atoms with Crippen molar-refractivity contribution in [3.8, 4) is 0 Å². The van der Waals surface area contributed by atoms with Crippen LogP contribution in [0, 0.1) is 12.8 Å². The summed E-state index contributed by atoms with van der Waals surface area (Å²) in [4.78, 5) is 5.58. The summed E-state index contributed by atoms with van der Waals surface area (Å²) in [6, 6.07) is 4.68. The van der Waals surface area contributed by atoms with Gasteiger partial charge in [-0.3, -0.25) is 0 Å². The SMILES string of the molecule is Cc1nc(CCNC(c2cccs2)C(C)C)no1. The fourth-order valence-electron chi connectivity index (χ4n) is 1.92. The first-order valence-corrected chi connectivity index (χ1v) is 7.10. The molecule has 1 N–H and O–H groups in total. The molecule has 0 aliphatic rings. The van der Waals surface area contributed by atoms with E-state index in [2.05, 4.69) is 46.8 Å². The van der Waals surface area contributed by atoms with Gasteiger partial charge in [-0.2, -0.15) is 4.98 Å². The van der Waals surface area contributed by atoms with Crippen molar-refractivity contribution in [2.45, 2.75) is 33.2 Å². The number of rotatable bonds is 6. The van der Waals surface area contributed by atoms with Crippen molar-refractivity contribution in [1.82, 2.24) is 15.5 Å². The highest BCUT2D eigenvalue weighted by molar-refractivity contribution is 7.10. The Balaban J connectivity index is 1.87. The molecule has 5 heteroatoms. The maximum atomic E-state index is 4.95. The van der Waals surface area contributed by atoms with Crippen LogP contribution in [0.4, 0.5) is 0 Å². The average molecular weight is 265 g/mol. The molecule has 2 aromatic rings. The van der Waals surface area contributed by atoms with Gasteiger partial charge in [-0.25, -0.2) is 0 Å². The lowest BCUT2D eigenvalue weighted by atomic mass is 10.0. The molecule has 0 aliphatic heterocycles. The quantitative estimate of drug-likeness (QED) is 0.872. The minimum absolute atomic E-state index is 0.401. The van der Waals surface area contributed by atoms with Crippen LogP contribution in [0.2, 0.25) is 0 Å². The molecule has 18 heavy (non-hydrogen) atoms. The van der Waals surface area contributed by atoms with Crippen molar-refractivity contribution < 1.29 is 4.52 Å².